The molecule has 1 aromatic carbocycles. The standard InChI is InChI=1S/C24H26N6O/c1-15-13-30(14-25-15)21-12-11-20(27-24(21)31-5)22-16(2)17(3)23(29-28-22)26-18(4)19-9-7-6-8-10-19/h6-14,18H,1-5H3,(H,26,29)/t18-/m0/s1. The van der Waals surface area contributed by atoms with E-state index in [-0.39, 0.29) is 6.04 Å². The third kappa shape index (κ3) is 4.12. The van der Waals surface area contributed by atoms with Gasteiger partial charge in [0.05, 0.1) is 30.9 Å². The van der Waals surface area contributed by atoms with Crippen LogP contribution in [0.5, 0.6) is 5.88 Å². The van der Waals surface area contributed by atoms with Crippen molar-refractivity contribution in [2.24, 2.45) is 0 Å². The zero-order chi connectivity index (χ0) is 22.0. The van der Waals surface area contributed by atoms with E-state index in [0.29, 0.717) is 11.6 Å². The highest BCUT2D eigenvalue weighted by Gasteiger charge is 2.17. The van der Waals surface area contributed by atoms with Crippen molar-refractivity contribution in [1.82, 2.24) is 24.7 Å². The lowest BCUT2D eigenvalue weighted by Gasteiger charge is -2.18. The van der Waals surface area contributed by atoms with Crippen molar-refractivity contribution in [3.05, 3.63) is 77.4 Å². The first-order valence-electron chi connectivity index (χ1n) is 10.2. The molecule has 31 heavy (non-hydrogen) atoms. The second-order valence-corrected chi connectivity index (χ2v) is 7.57. The monoisotopic (exact) mass is 414 g/mol. The first-order valence-corrected chi connectivity index (χ1v) is 10.2. The predicted molar refractivity (Wildman–Crippen MR) is 122 cm³/mol. The van der Waals surface area contributed by atoms with Gasteiger partial charge >= 0.3 is 0 Å². The molecule has 0 radical (unpaired) electrons. The molecule has 0 aliphatic rings. The molecular weight excluding hydrogens is 388 g/mol. The highest BCUT2D eigenvalue weighted by molar-refractivity contribution is 5.65. The number of hydrogen-bond acceptors (Lipinski definition) is 6. The maximum atomic E-state index is 5.55. The van der Waals surface area contributed by atoms with Gasteiger partial charge in [0.2, 0.25) is 5.88 Å². The molecular formula is C24H26N6O. The van der Waals surface area contributed by atoms with Crippen molar-refractivity contribution in [3.63, 3.8) is 0 Å². The molecule has 158 valence electrons. The van der Waals surface area contributed by atoms with Crippen LogP contribution in [0.3, 0.4) is 0 Å². The Kier molecular flexibility index (Phi) is 5.66. The summed E-state index contributed by atoms with van der Waals surface area (Å²) in [5, 5.41) is 12.4. The maximum absolute atomic E-state index is 5.55. The van der Waals surface area contributed by atoms with E-state index >= 15 is 0 Å². The third-order valence-electron chi connectivity index (χ3n) is 5.44. The van der Waals surface area contributed by atoms with Crippen LogP contribution in [0.1, 0.15) is 35.3 Å². The van der Waals surface area contributed by atoms with E-state index in [4.69, 9.17) is 9.72 Å². The minimum absolute atomic E-state index is 0.121. The van der Waals surface area contributed by atoms with Crippen molar-refractivity contribution in [2.75, 3.05) is 12.4 Å². The van der Waals surface area contributed by atoms with Gasteiger partial charge in [0.1, 0.15) is 11.4 Å². The summed E-state index contributed by atoms with van der Waals surface area (Å²) in [6.45, 7) is 8.15. The molecule has 1 N–H and O–H groups in total. The van der Waals surface area contributed by atoms with E-state index in [0.717, 1.165) is 34.0 Å². The highest BCUT2D eigenvalue weighted by Crippen LogP contribution is 2.30. The first-order chi connectivity index (χ1) is 15.0. The Bertz CT molecular complexity index is 1200. The number of nitrogens with zero attached hydrogens (tertiary/aromatic N) is 5. The number of anilines is 1. The summed E-state index contributed by atoms with van der Waals surface area (Å²) in [6.07, 6.45) is 3.68. The van der Waals surface area contributed by atoms with Crippen LogP contribution >= 0.6 is 0 Å². The van der Waals surface area contributed by atoms with Crippen LogP contribution in [0, 0.1) is 20.8 Å². The van der Waals surface area contributed by atoms with Crippen LogP contribution in [-0.4, -0.2) is 31.8 Å². The number of hydrogen-bond donors (Lipinski definition) is 1. The Morgan fingerprint density at radius 3 is 2.42 bits per heavy atom. The van der Waals surface area contributed by atoms with Gasteiger partial charge in [0.15, 0.2) is 5.82 Å². The summed E-state index contributed by atoms with van der Waals surface area (Å²) < 4.78 is 7.44. The molecule has 0 unspecified atom stereocenters. The highest BCUT2D eigenvalue weighted by atomic mass is 16.5. The van der Waals surface area contributed by atoms with Crippen molar-refractivity contribution < 1.29 is 4.74 Å². The van der Waals surface area contributed by atoms with E-state index in [9.17, 15) is 0 Å². The van der Waals surface area contributed by atoms with Gasteiger partial charge in [-0.15, -0.1) is 10.2 Å². The summed E-state index contributed by atoms with van der Waals surface area (Å²) in [4.78, 5) is 8.97. The summed E-state index contributed by atoms with van der Waals surface area (Å²) in [5.74, 6) is 1.28. The molecule has 0 saturated carbocycles. The zero-order valence-electron chi connectivity index (χ0n) is 18.4. The molecule has 4 aromatic rings. The molecule has 3 heterocycles. The molecule has 7 heteroatoms. The van der Waals surface area contributed by atoms with Crippen LogP contribution in [-0.2, 0) is 0 Å². The fraction of sp³-hybridized carbons (Fsp3) is 0.250. The smallest absolute Gasteiger partial charge is 0.238 e. The van der Waals surface area contributed by atoms with Crippen LogP contribution < -0.4 is 10.1 Å². The number of pyridine rings is 1. The van der Waals surface area contributed by atoms with Crippen LogP contribution in [0.15, 0.2) is 55.0 Å². The fourth-order valence-electron chi connectivity index (χ4n) is 3.48. The Morgan fingerprint density at radius 1 is 0.968 bits per heavy atom. The molecule has 0 fully saturated rings. The fourth-order valence-corrected chi connectivity index (χ4v) is 3.48. The van der Waals surface area contributed by atoms with Gasteiger partial charge in [-0.25, -0.2) is 9.97 Å². The quantitative estimate of drug-likeness (QED) is 0.487. The molecule has 0 spiro atoms. The molecule has 0 aliphatic heterocycles. The SMILES string of the molecule is COc1nc(-c2nnc(N[C@@H](C)c3ccccc3)c(C)c2C)ccc1-n1cnc(C)c1. The van der Waals surface area contributed by atoms with E-state index in [1.807, 2.05) is 61.9 Å². The summed E-state index contributed by atoms with van der Waals surface area (Å²) in [7, 11) is 1.61. The Labute approximate surface area is 182 Å². The van der Waals surface area contributed by atoms with Gasteiger partial charge in [0.25, 0.3) is 0 Å². The summed E-state index contributed by atoms with van der Waals surface area (Å²) in [6, 6.07) is 14.3. The van der Waals surface area contributed by atoms with Gasteiger partial charge in [0, 0.05) is 6.20 Å². The van der Waals surface area contributed by atoms with E-state index in [1.54, 1.807) is 13.4 Å². The first kappa shape index (κ1) is 20.5. The number of nitrogens with one attached hydrogen (secondary N) is 1. The van der Waals surface area contributed by atoms with Crippen molar-refractivity contribution in [2.45, 2.75) is 33.7 Å². The van der Waals surface area contributed by atoms with Gasteiger partial charge in [-0.05, 0) is 56.5 Å². The summed E-state index contributed by atoms with van der Waals surface area (Å²) in [5.41, 5.74) is 6.47. The maximum Gasteiger partial charge on any atom is 0.238 e. The summed E-state index contributed by atoms with van der Waals surface area (Å²) >= 11 is 0. The van der Waals surface area contributed by atoms with Gasteiger partial charge in [-0.3, -0.25) is 0 Å². The van der Waals surface area contributed by atoms with Crippen molar-refractivity contribution >= 4 is 5.82 Å². The van der Waals surface area contributed by atoms with E-state index in [2.05, 4.69) is 39.6 Å². The Morgan fingerprint density at radius 2 is 1.74 bits per heavy atom. The van der Waals surface area contributed by atoms with Crippen molar-refractivity contribution in [3.8, 4) is 23.0 Å². The second kappa shape index (κ2) is 8.55. The number of methoxy groups -OCH3 is 1. The Hall–Kier alpha value is -3.74. The topological polar surface area (TPSA) is 77.8 Å². The molecule has 3 aromatic heterocycles. The average Bonchev–Trinajstić information content (AvgIpc) is 3.23. The number of ether oxygens (including phenoxy) is 1. The van der Waals surface area contributed by atoms with Gasteiger partial charge in [-0.2, -0.15) is 0 Å². The average molecular weight is 415 g/mol. The lowest BCUT2D eigenvalue weighted by Crippen LogP contribution is -2.11. The molecule has 4 rings (SSSR count). The van der Waals surface area contributed by atoms with Crippen LogP contribution in [0.2, 0.25) is 0 Å². The second-order valence-electron chi connectivity index (χ2n) is 7.57. The normalized spacial score (nSPS) is 11.9. The van der Waals surface area contributed by atoms with Crippen molar-refractivity contribution in [1.29, 1.82) is 0 Å². The van der Waals surface area contributed by atoms with Crippen LogP contribution in [0.25, 0.3) is 17.1 Å². The molecule has 1 atom stereocenters. The number of imidazole rings is 1. The molecule has 7 nitrogen and oxygen atoms in total. The van der Waals surface area contributed by atoms with Crippen LogP contribution in [0.4, 0.5) is 5.82 Å². The van der Waals surface area contributed by atoms with E-state index in [1.165, 1.54) is 5.56 Å². The minimum Gasteiger partial charge on any atom is -0.479 e. The van der Waals surface area contributed by atoms with E-state index < -0.39 is 0 Å². The number of aryl methyl sites for hydroxylation is 1. The largest absolute Gasteiger partial charge is 0.479 e. The predicted octanol–water partition coefficient (Wildman–Crippen LogP) is 4.83. The molecule has 0 saturated heterocycles. The number of aromatic nitrogens is 5. The third-order valence-corrected chi connectivity index (χ3v) is 5.44. The molecule has 0 aliphatic carbocycles. The van der Waals surface area contributed by atoms with Gasteiger partial charge < -0.3 is 14.6 Å². The number of benzene rings is 1. The molecule has 0 amide bonds. The Balaban J connectivity index is 1.65. The zero-order valence-corrected chi connectivity index (χ0v) is 18.4. The minimum atomic E-state index is 0.121. The lowest BCUT2D eigenvalue weighted by atomic mass is 10.1. The lowest BCUT2D eigenvalue weighted by molar-refractivity contribution is 0.396. The molecule has 0 bridgehead atoms. The van der Waals surface area contributed by atoms with Gasteiger partial charge in [-0.1, -0.05) is 30.3 Å². The number of rotatable bonds is 6.